The fourth-order valence-electron chi connectivity index (χ4n) is 3.00. The van der Waals surface area contributed by atoms with E-state index in [0.29, 0.717) is 17.1 Å². The van der Waals surface area contributed by atoms with E-state index in [1.165, 1.54) is 13.2 Å². The van der Waals surface area contributed by atoms with Crippen LogP contribution in [0.5, 0.6) is 5.88 Å². The highest BCUT2D eigenvalue weighted by Gasteiger charge is 2.14. The molecule has 0 bridgehead atoms. The maximum absolute atomic E-state index is 14.3. The molecule has 3 aromatic heterocycles. The van der Waals surface area contributed by atoms with Crippen LogP contribution in [0.15, 0.2) is 61.1 Å². The lowest BCUT2D eigenvalue weighted by Crippen LogP contribution is -2.13. The Balaban J connectivity index is 1.66. The van der Waals surface area contributed by atoms with E-state index in [1.807, 2.05) is 19.1 Å². The number of ether oxygens (including phenoxy) is 1. The molecular weight excluding hydrogens is 371 g/mol. The average molecular weight is 388 g/mol. The standard InChI is InChI=1S/C22H17FN4O2/c1-13-3-6-19(26-21(13)17-10-20(29-2)25-12-18(17)23)27-22(28)15-4-5-16-11-24-8-7-14(16)9-15/h3-12H,1-2H3,(H,26,27,28). The number of aromatic nitrogens is 3. The third kappa shape index (κ3) is 3.75. The van der Waals surface area contributed by atoms with E-state index in [0.717, 1.165) is 22.5 Å². The Morgan fingerprint density at radius 3 is 2.76 bits per heavy atom. The lowest BCUT2D eigenvalue weighted by atomic mass is 10.1. The molecule has 1 aromatic carbocycles. The lowest BCUT2D eigenvalue weighted by molar-refractivity contribution is 0.102. The first-order valence-electron chi connectivity index (χ1n) is 8.88. The number of hydrogen-bond donors (Lipinski definition) is 1. The number of rotatable bonds is 4. The summed E-state index contributed by atoms with van der Waals surface area (Å²) in [5, 5.41) is 4.63. The van der Waals surface area contributed by atoms with Crippen molar-refractivity contribution in [2.75, 3.05) is 12.4 Å². The zero-order valence-electron chi connectivity index (χ0n) is 15.8. The number of fused-ring (bicyclic) bond motifs is 1. The van der Waals surface area contributed by atoms with E-state index in [1.54, 1.807) is 36.7 Å². The van der Waals surface area contributed by atoms with E-state index >= 15 is 0 Å². The Bertz CT molecular complexity index is 1230. The highest BCUT2D eigenvalue weighted by atomic mass is 19.1. The van der Waals surface area contributed by atoms with E-state index in [2.05, 4.69) is 20.3 Å². The van der Waals surface area contributed by atoms with Crippen LogP contribution >= 0.6 is 0 Å². The number of amides is 1. The summed E-state index contributed by atoms with van der Waals surface area (Å²) in [6.07, 6.45) is 4.50. The Labute approximate surface area is 166 Å². The third-order valence-corrected chi connectivity index (χ3v) is 4.54. The van der Waals surface area contributed by atoms with Crippen LogP contribution in [0.4, 0.5) is 10.2 Å². The third-order valence-electron chi connectivity index (χ3n) is 4.54. The van der Waals surface area contributed by atoms with E-state index in [9.17, 15) is 9.18 Å². The maximum Gasteiger partial charge on any atom is 0.256 e. The van der Waals surface area contributed by atoms with E-state index in [-0.39, 0.29) is 17.4 Å². The maximum atomic E-state index is 14.3. The summed E-state index contributed by atoms with van der Waals surface area (Å²) in [6, 6.07) is 12.1. The number of carbonyl (C=O) groups is 1. The Kier molecular flexibility index (Phi) is 4.87. The predicted molar refractivity (Wildman–Crippen MR) is 108 cm³/mol. The minimum absolute atomic E-state index is 0.253. The largest absolute Gasteiger partial charge is 0.481 e. The monoisotopic (exact) mass is 388 g/mol. The van der Waals surface area contributed by atoms with Gasteiger partial charge in [-0.05, 0) is 42.1 Å². The molecule has 0 atom stereocenters. The molecule has 1 amide bonds. The second-order valence-electron chi connectivity index (χ2n) is 6.46. The van der Waals surface area contributed by atoms with Crippen molar-refractivity contribution in [3.05, 3.63) is 78.0 Å². The van der Waals surface area contributed by atoms with Crippen molar-refractivity contribution in [1.82, 2.24) is 15.0 Å². The number of anilines is 1. The molecule has 0 radical (unpaired) electrons. The Hall–Kier alpha value is -3.87. The van der Waals surface area contributed by atoms with Crippen LogP contribution in [-0.2, 0) is 0 Å². The summed E-state index contributed by atoms with van der Waals surface area (Å²) < 4.78 is 19.4. The number of methoxy groups -OCH3 is 1. The van der Waals surface area contributed by atoms with Crippen LogP contribution in [-0.4, -0.2) is 28.0 Å². The van der Waals surface area contributed by atoms with Crippen molar-refractivity contribution in [2.45, 2.75) is 6.92 Å². The van der Waals surface area contributed by atoms with Gasteiger partial charge in [0, 0.05) is 35.0 Å². The van der Waals surface area contributed by atoms with Gasteiger partial charge in [-0.25, -0.2) is 14.4 Å². The van der Waals surface area contributed by atoms with Gasteiger partial charge in [-0.15, -0.1) is 0 Å². The molecule has 29 heavy (non-hydrogen) atoms. The van der Waals surface area contributed by atoms with Gasteiger partial charge in [0.25, 0.3) is 5.91 Å². The molecule has 0 spiro atoms. The zero-order valence-corrected chi connectivity index (χ0v) is 15.8. The van der Waals surface area contributed by atoms with Gasteiger partial charge in [-0.3, -0.25) is 9.78 Å². The van der Waals surface area contributed by atoms with Crippen LogP contribution in [0.1, 0.15) is 15.9 Å². The summed E-state index contributed by atoms with van der Waals surface area (Å²) >= 11 is 0. The van der Waals surface area contributed by atoms with E-state index in [4.69, 9.17) is 4.74 Å². The van der Waals surface area contributed by atoms with Gasteiger partial charge in [0.05, 0.1) is 19.0 Å². The summed E-state index contributed by atoms with van der Waals surface area (Å²) in [6.45, 7) is 1.82. The first-order chi connectivity index (χ1) is 14.0. The molecule has 0 saturated heterocycles. The summed E-state index contributed by atoms with van der Waals surface area (Å²) in [4.78, 5) is 25.0. The van der Waals surface area contributed by atoms with Gasteiger partial charge >= 0.3 is 0 Å². The number of pyridine rings is 3. The fourth-order valence-corrected chi connectivity index (χ4v) is 3.00. The molecule has 1 N–H and O–H groups in total. The SMILES string of the molecule is COc1cc(-c2nc(NC(=O)c3ccc4cnccc4c3)ccc2C)c(F)cn1. The number of aryl methyl sites for hydroxylation is 1. The van der Waals surface area contributed by atoms with Gasteiger partial charge in [0.15, 0.2) is 5.82 Å². The topological polar surface area (TPSA) is 77.0 Å². The van der Waals surface area contributed by atoms with Gasteiger partial charge in [0.2, 0.25) is 5.88 Å². The van der Waals surface area contributed by atoms with Crippen molar-refractivity contribution in [3.63, 3.8) is 0 Å². The number of nitrogens with zero attached hydrogens (tertiary/aromatic N) is 3. The smallest absolute Gasteiger partial charge is 0.256 e. The molecule has 0 unspecified atom stereocenters. The highest BCUT2D eigenvalue weighted by molar-refractivity contribution is 6.06. The Morgan fingerprint density at radius 1 is 1.07 bits per heavy atom. The quantitative estimate of drug-likeness (QED) is 0.561. The molecule has 0 aliphatic rings. The zero-order chi connectivity index (χ0) is 20.4. The van der Waals surface area contributed by atoms with Crippen LogP contribution in [0.2, 0.25) is 0 Å². The molecule has 0 aliphatic carbocycles. The van der Waals surface area contributed by atoms with Crippen LogP contribution in [0, 0.1) is 12.7 Å². The fraction of sp³-hybridized carbons (Fsp3) is 0.0909. The highest BCUT2D eigenvalue weighted by Crippen LogP contribution is 2.28. The number of nitrogens with one attached hydrogen (secondary N) is 1. The summed E-state index contributed by atoms with van der Waals surface area (Å²) in [5.74, 6) is -0.227. The lowest BCUT2D eigenvalue weighted by Gasteiger charge is -2.11. The number of benzene rings is 1. The van der Waals surface area contributed by atoms with Gasteiger partial charge < -0.3 is 10.1 Å². The second kappa shape index (κ2) is 7.63. The summed E-state index contributed by atoms with van der Waals surface area (Å²) in [5.41, 5.74) is 1.91. The van der Waals surface area contributed by atoms with Gasteiger partial charge in [-0.2, -0.15) is 0 Å². The average Bonchev–Trinajstić information content (AvgIpc) is 2.75. The Morgan fingerprint density at radius 2 is 1.93 bits per heavy atom. The van der Waals surface area contributed by atoms with Crippen LogP contribution in [0.25, 0.3) is 22.0 Å². The number of carbonyl (C=O) groups excluding carboxylic acids is 1. The van der Waals surface area contributed by atoms with Crippen molar-refractivity contribution in [2.24, 2.45) is 0 Å². The van der Waals surface area contributed by atoms with Crippen molar-refractivity contribution in [3.8, 4) is 17.1 Å². The first kappa shape index (κ1) is 18.5. The first-order valence-corrected chi connectivity index (χ1v) is 8.88. The minimum atomic E-state index is -0.520. The van der Waals surface area contributed by atoms with E-state index < -0.39 is 5.82 Å². The van der Waals surface area contributed by atoms with Crippen molar-refractivity contribution in [1.29, 1.82) is 0 Å². The number of hydrogen-bond acceptors (Lipinski definition) is 5. The molecule has 0 fully saturated rings. The molecule has 144 valence electrons. The van der Waals surface area contributed by atoms with Gasteiger partial charge in [0.1, 0.15) is 5.82 Å². The molecule has 7 heteroatoms. The van der Waals surface area contributed by atoms with Crippen LogP contribution < -0.4 is 10.1 Å². The second-order valence-corrected chi connectivity index (χ2v) is 6.46. The molecule has 4 rings (SSSR count). The summed E-state index contributed by atoms with van der Waals surface area (Å²) in [7, 11) is 1.46. The predicted octanol–water partition coefficient (Wildman–Crippen LogP) is 4.40. The van der Waals surface area contributed by atoms with Crippen molar-refractivity contribution >= 4 is 22.5 Å². The molecule has 6 nitrogen and oxygen atoms in total. The molecule has 3 heterocycles. The van der Waals surface area contributed by atoms with Crippen LogP contribution in [0.3, 0.4) is 0 Å². The molecule has 0 saturated carbocycles. The minimum Gasteiger partial charge on any atom is -0.481 e. The molecule has 0 aliphatic heterocycles. The molecular formula is C22H17FN4O2. The van der Waals surface area contributed by atoms with Crippen molar-refractivity contribution < 1.29 is 13.9 Å². The molecule has 4 aromatic rings. The van der Waals surface area contributed by atoms with Gasteiger partial charge in [-0.1, -0.05) is 12.1 Å². The number of halogens is 1. The normalized spacial score (nSPS) is 10.7.